The summed E-state index contributed by atoms with van der Waals surface area (Å²) in [7, 11) is 0. The average Bonchev–Trinajstić information content (AvgIpc) is 3.08. The molecule has 0 spiro atoms. The van der Waals surface area contributed by atoms with E-state index in [1.54, 1.807) is 23.1 Å². The van der Waals surface area contributed by atoms with Gasteiger partial charge in [0.05, 0.1) is 32.1 Å². The first kappa shape index (κ1) is 19.5. The van der Waals surface area contributed by atoms with Crippen LogP contribution in [0.1, 0.15) is 30.1 Å². The summed E-state index contributed by atoms with van der Waals surface area (Å²) < 4.78 is 0.937. The van der Waals surface area contributed by atoms with E-state index in [4.69, 9.17) is 28.9 Å². The predicted octanol–water partition coefficient (Wildman–Crippen LogP) is 6.12. The molecule has 1 aromatic heterocycles. The van der Waals surface area contributed by atoms with Crippen molar-refractivity contribution >= 4 is 61.9 Å². The Morgan fingerprint density at radius 3 is 2.68 bits per heavy atom. The molecule has 2 N–H and O–H groups in total. The minimum atomic E-state index is -0.452. The van der Waals surface area contributed by atoms with E-state index in [1.807, 2.05) is 12.1 Å². The molecule has 4 nitrogen and oxygen atoms in total. The Balaban J connectivity index is 1.98. The smallest absolute Gasteiger partial charge is 0.161 e. The van der Waals surface area contributed by atoms with Crippen LogP contribution in [0, 0.1) is 11.3 Å². The van der Waals surface area contributed by atoms with Crippen molar-refractivity contribution in [2.24, 2.45) is 5.73 Å². The van der Waals surface area contributed by atoms with Crippen LogP contribution < -0.4 is 10.6 Å². The molecular formula is C20H14BrCl2N3OS. The average molecular weight is 495 g/mol. The zero-order chi connectivity index (χ0) is 20.0. The van der Waals surface area contributed by atoms with Crippen molar-refractivity contribution in [2.45, 2.75) is 25.2 Å². The summed E-state index contributed by atoms with van der Waals surface area (Å²) in [6, 6.07) is 11.2. The van der Waals surface area contributed by atoms with Crippen LogP contribution in [0.2, 0.25) is 10.0 Å². The highest BCUT2D eigenvalue weighted by molar-refractivity contribution is 9.11. The molecule has 1 aliphatic carbocycles. The summed E-state index contributed by atoms with van der Waals surface area (Å²) >= 11 is 17.5. The number of allylic oxidation sites excluding steroid dienone is 3. The topological polar surface area (TPSA) is 70.1 Å². The second kappa shape index (κ2) is 7.57. The third-order valence-electron chi connectivity index (χ3n) is 4.94. The largest absolute Gasteiger partial charge is 0.384 e. The molecule has 28 heavy (non-hydrogen) atoms. The molecule has 0 radical (unpaired) electrons. The van der Waals surface area contributed by atoms with Crippen LogP contribution in [-0.2, 0) is 4.79 Å². The van der Waals surface area contributed by atoms with E-state index in [2.05, 4.69) is 22.0 Å². The second-order valence-electron chi connectivity index (χ2n) is 6.55. The Bertz CT molecular complexity index is 1100. The third-order valence-corrected chi connectivity index (χ3v) is 7.17. The summed E-state index contributed by atoms with van der Waals surface area (Å²) in [5.74, 6) is -0.104. The molecule has 1 aromatic carbocycles. The van der Waals surface area contributed by atoms with Gasteiger partial charge in [-0.05, 0) is 59.1 Å². The zero-order valence-electron chi connectivity index (χ0n) is 14.5. The summed E-state index contributed by atoms with van der Waals surface area (Å²) in [5.41, 5.74) is 8.92. The van der Waals surface area contributed by atoms with Gasteiger partial charge >= 0.3 is 0 Å². The van der Waals surface area contributed by atoms with Gasteiger partial charge in [0.25, 0.3) is 0 Å². The van der Waals surface area contributed by atoms with E-state index >= 15 is 0 Å². The van der Waals surface area contributed by atoms with Gasteiger partial charge in [-0.2, -0.15) is 5.26 Å². The first-order valence-electron chi connectivity index (χ1n) is 8.58. The van der Waals surface area contributed by atoms with Gasteiger partial charge in [-0.15, -0.1) is 11.3 Å². The molecule has 0 amide bonds. The van der Waals surface area contributed by atoms with Crippen molar-refractivity contribution in [2.75, 3.05) is 4.90 Å². The lowest BCUT2D eigenvalue weighted by Gasteiger charge is -2.39. The number of carbonyl (C=O) groups excluding carboxylic acids is 1. The number of thiophene rings is 1. The van der Waals surface area contributed by atoms with Crippen LogP contribution in [0.3, 0.4) is 0 Å². The van der Waals surface area contributed by atoms with E-state index in [-0.39, 0.29) is 5.78 Å². The van der Waals surface area contributed by atoms with Crippen LogP contribution in [0.4, 0.5) is 5.69 Å². The number of anilines is 1. The van der Waals surface area contributed by atoms with Gasteiger partial charge in [0.2, 0.25) is 0 Å². The number of nitrogens with zero attached hydrogens (tertiary/aromatic N) is 2. The lowest BCUT2D eigenvalue weighted by atomic mass is 9.78. The molecule has 4 rings (SSSR count). The fourth-order valence-corrected chi connectivity index (χ4v) is 5.83. The molecule has 0 unspecified atom stereocenters. The Labute approximate surface area is 185 Å². The number of benzene rings is 1. The first-order chi connectivity index (χ1) is 13.4. The van der Waals surface area contributed by atoms with Crippen LogP contribution in [0.15, 0.2) is 56.8 Å². The normalized spacial score (nSPS) is 19.7. The molecule has 2 heterocycles. The molecule has 0 saturated carbocycles. The minimum absolute atomic E-state index is 0.0473. The van der Waals surface area contributed by atoms with E-state index in [1.165, 1.54) is 11.3 Å². The van der Waals surface area contributed by atoms with Crippen LogP contribution in [-0.4, -0.2) is 5.78 Å². The zero-order valence-corrected chi connectivity index (χ0v) is 18.4. The SMILES string of the molecule is N#CC1=C(N)N(c2ccc(Cl)cc2Cl)C2=C(C(=O)CCC2)[C@H]1c1ccc(Br)s1. The molecular weight excluding hydrogens is 481 g/mol. The van der Waals surface area contributed by atoms with E-state index in [0.29, 0.717) is 45.5 Å². The molecule has 0 bridgehead atoms. The Morgan fingerprint density at radius 2 is 2.04 bits per heavy atom. The van der Waals surface area contributed by atoms with E-state index < -0.39 is 5.92 Å². The maximum absolute atomic E-state index is 13.0. The van der Waals surface area contributed by atoms with Gasteiger partial charge in [-0.3, -0.25) is 9.69 Å². The Kier molecular flexibility index (Phi) is 5.28. The molecule has 8 heteroatoms. The van der Waals surface area contributed by atoms with Crippen molar-refractivity contribution in [3.63, 3.8) is 0 Å². The third kappa shape index (κ3) is 3.17. The van der Waals surface area contributed by atoms with Crippen molar-refractivity contribution in [3.05, 3.63) is 71.7 Å². The Hall–Kier alpha value is -1.78. The standard InChI is InChI=1S/C20H14BrCl2N3OS/c21-17-7-6-16(28-17)18-11(9-24)20(25)26(13-5-4-10(22)8-12(13)23)14-2-1-3-15(27)19(14)18/h4-8,18H,1-3,25H2/t18-/m1/s1. The number of hydrogen-bond donors (Lipinski definition) is 1. The first-order valence-corrected chi connectivity index (χ1v) is 10.9. The Morgan fingerprint density at radius 1 is 1.25 bits per heavy atom. The van der Waals surface area contributed by atoms with Gasteiger partial charge in [0.1, 0.15) is 5.82 Å². The number of hydrogen-bond acceptors (Lipinski definition) is 5. The fraction of sp³-hybridized carbons (Fsp3) is 0.200. The molecule has 142 valence electrons. The molecule has 2 aliphatic rings. The number of halogens is 3. The number of ketones is 1. The van der Waals surface area contributed by atoms with Crippen molar-refractivity contribution in [3.8, 4) is 6.07 Å². The molecule has 0 saturated heterocycles. The predicted molar refractivity (Wildman–Crippen MR) is 116 cm³/mol. The maximum atomic E-state index is 13.0. The van der Waals surface area contributed by atoms with Crippen LogP contribution in [0.5, 0.6) is 0 Å². The van der Waals surface area contributed by atoms with Gasteiger partial charge in [-0.25, -0.2) is 0 Å². The fourth-order valence-electron chi connectivity index (χ4n) is 3.79. The van der Waals surface area contributed by atoms with Crippen LogP contribution in [0.25, 0.3) is 0 Å². The van der Waals surface area contributed by atoms with Crippen molar-refractivity contribution in [1.29, 1.82) is 5.26 Å². The number of nitrogens with two attached hydrogens (primary N) is 1. The number of rotatable bonds is 2. The van der Waals surface area contributed by atoms with Gasteiger partial charge in [0, 0.05) is 27.6 Å². The highest BCUT2D eigenvalue weighted by Gasteiger charge is 2.41. The maximum Gasteiger partial charge on any atom is 0.161 e. The monoisotopic (exact) mass is 493 g/mol. The van der Waals surface area contributed by atoms with E-state index in [0.717, 1.165) is 20.8 Å². The minimum Gasteiger partial charge on any atom is -0.384 e. The van der Waals surface area contributed by atoms with Crippen LogP contribution >= 0.6 is 50.5 Å². The number of nitriles is 1. The molecule has 1 aliphatic heterocycles. The van der Waals surface area contributed by atoms with Gasteiger partial charge < -0.3 is 5.73 Å². The highest BCUT2D eigenvalue weighted by atomic mass is 79.9. The summed E-state index contributed by atoms with van der Waals surface area (Å²) in [4.78, 5) is 15.7. The molecule has 2 aromatic rings. The number of Topliss-reactive ketones (excluding diaryl/α,β-unsaturated/α-hetero) is 1. The summed E-state index contributed by atoms with van der Waals surface area (Å²) in [6.07, 6.45) is 1.88. The van der Waals surface area contributed by atoms with Gasteiger partial charge in [0.15, 0.2) is 5.78 Å². The highest BCUT2D eigenvalue weighted by Crippen LogP contribution is 2.49. The summed E-state index contributed by atoms with van der Waals surface area (Å²) in [6.45, 7) is 0. The van der Waals surface area contributed by atoms with Crippen molar-refractivity contribution < 1.29 is 4.79 Å². The quantitative estimate of drug-likeness (QED) is 0.545. The van der Waals surface area contributed by atoms with Gasteiger partial charge in [-0.1, -0.05) is 23.2 Å². The van der Waals surface area contributed by atoms with E-state index in [9.17, 15) is 10.1 Å². The second-order valence-corrected chi connectivity index (χ2v) is 9.89. The van der Waals surface area contributed by atoms with Crippen molar-refractivity contribution in [1.82, 2.24) is 0 Å². The molecule has 0 fully saturated rings. The molecule has 1 atom stereocenters. The lowest BCUT2D eigenvalue weighted by Crippen LogP contribution is -2.38. The summed E-state index contributed by atoms with van der Waals surface area (Å²) in [5, 5.41) is 10.9. The number of carbonyl (C=O) groups is 1. The lowest BCUT2D eigenvalue weighted by molar-refractivity contribution is -0.116.